The molecule has 1 aromatic heterocycles. The Morgan fingerprint density at radius 2 is 2.03 bits per heavy atom. The van der Waals surface area contributed by atoms with Gasteiger partial charge in [0.25, 0.3) is 0 Å². The van der Waals surface area contributed by atoms with E-state index in [1.807, 2.05) is 62.4 Å². The Bertz CT molecular complexity index is 1110. The molecular weight excluding hydrogens is 462 g/mol. The van der Waals surface area contributed by atoms with E-state index in [2.05, 4.69) is 36.8 Å². The monoisotopic (exact) mass is 483 g/mol. The van der Waals surface area contributed by atoms with E-state index in [1.54, 1.807) is 4.68 Å². The van der Waals surface area contributed by atoms with Crippen LogP contribution in [0.5, 0.6) is 5.75 Å². The summed E-state index contributed by atoms with van der Waals surface area (Å²) >= 11 is 3.53. The third kappa shape index (κ3) is 4.46. The molecule has 0 saturated heterocycles. The second kappa shape index (κ2) is 9.30. The molecule has 1 aliphatic heterocycles. The van der Waals surface area contributed by atoms with Crippen molar-refractivity contribution >= 4 is 27.8 Å². The molecule has 0 aliphatic carbocycles. The van der Waals surface area contributed by atoms with Crippen LogP contribution in [0.15, 0.2) is 64.3 Å². The van der Waals surface area contributed by atoms with E-state index in [0.717, 1.165) is 22.0 Å². The van der Waals surface area contributed by atoms with Gasteiger partial charge in [0.1, 0.15) is 18.4 Å². The second-order valence-corrected chi connectivity index (χ2v) is 8.02. The van der Waals surface area contributed by atoms with Gasteiger partial charge < -0.3 is 14.8 Å². The van der Waals surface area contributed by atoms with Crippen molar-refractivity contribution in [2.24, 2.45) is 0 Å². The molecule has 3 aromatic rings. The predicted molar refractivity (Wildman–Crippen MR) is 118 cm³/mol. The summed E-state index contributed by atoms with van der Waals surface area (Å²) in [6, 6.07) is 14.7. The fraction of sp³-hybridized carbons (Fsp3) is 0.273. The summed E-state index contributed by atoms with van der Waals surface area (Å²) in [4.78, 5) is 13.3. The number of aromatic nitrogens is 4. The van der Waals surface area contributed by atoms with Crippen LogP contribution in [0, 0.1) is 0 Å². The zero-order valence-electron chi connectivity index (χ0n) is 17.2. The lowest BCUT2D eigenvalue weighted by Gasteiger charge is -2.28. The number of nitrogens with zero attached hydrogens (tertiary/aromatic N) is 4. The lowest BCUT2D eigenvalue weighted by Crippen LogP contribution is -2.30. The first kappa shape index (κ1) is 21.0. The Morgan fingerprint density at radius 3 is 2.81 bits per heavy atom. The van der Waals surface area contributed by atoms with Crippen LogP contribution in [0.2, 0.25) is 0 Å². The standard InChI is InChI=1S/C22H22BrN5O3/c1-3-11-30-18-10-9-16(23)12-17(18)20-19(14(2)24-22-25-26-27-28(20)22)21(29)31-13-15-7-5-4-6-8-15/h4-10,12,20H,3,11,13H2,1-2H3,(H,24,25,27). The zero-order chi connectivity index (χ0) is 21.8. The molecule has 0 amide bonds. The van der Waals surface area contributed by atoms with Crippen LogP contribution in [-0.2, 0) is 16.1 Å². The first-order valence-electron chi connectivity index (χ1n) is 9.97. The number of nitrogens with one attached hydrogen (secondary N) is 1. The maximum Gasteiger partial charge on any atom is 0.338 e. The van der Waals surface area contributed by atoms with Gasteiger partial charge >= 0.3 is 5.97 Å². The topological polar surface area (TPSA) is 91.2 Å². The van der Waals surface area contributed by atoms with Crippen molar-refractivity contribution in [3.63, 3.8) is 0 Å². The number of carbonyl (C=O) groups is 1. The zero-order valence-corrected chi connectivity index (χ0v) is 18.8. The number of anilines is 1. The van der Waals surface area contributed by atoms with E-state index >= 15 is 0 Å². The fourth-order valence-electron chi connectivity index (χ4n) is 3.44. The van der Waals surface area contributed by atoms with E-state index in [9.17, 15) is 4.79 Å². The Balaban J connectivity index is 1.73. The summed E-state index contributed by atoms with van der Waals surface area (Å²) in [6.07, 6.45) is 0.860. The molecule has 160 valence electrons. The summed E-state index contributed by atoms with van der Waals surface area (Å²) in [7, 11) is 0. The average Bonchev–Trinajstić information content (AvgIpc) is 3.24. The first-order valence-corrected chi connectivity index (χ1v) is 10.8. The molecule has 2 heterocycles. The fourth-order valence-corrected chi connectivity index (χ4v) is 3.82. The third-order valence-corrected chi connectivity index (χ3v) is 5.37. The molecule has 0 bridgehead atoms. The van der Waals surface area contributed by atoms with Crippen LogP contribution < -0.4 is 10.1 Å². The lowest BCUT2D eigenvalue weighted by molar-refractivity contribution is -0.140. The number of tetrazole rings is 1. The Hall–Kier alpha value is -3.20. The van der Waals surface area contributed by atoms with Crippen molar-refractivity contribution in [2.75, 3.05) is 11.9 Å². The molecule has 0 saturated carbocycles. The first-order chi connectivity index (χ1) is 15.1. The third-order valence-electron chi connectivity index (χ3n) is 4.87. The number of fused-ring (bicyclic) bond motifs is 1. The minimum atomic E-state index is -0.598. The van der Waals surface area contributed by atoms with Crippen LogP contribution in [0.3, 0.4) is 0 Å². The highest BCUT2D eigenvalue weighted by atomic mass is 79.9. The molecule has 0 fully saturated rings. The van der Waals surface area contributed by atoms with E-state index in [0.29, 0.717) is 29.6 Å². The van der Waals surface area contributed by atoms with Crippen molar-refractivity contribution in [2.45, 2.75) is 32.9 Å². The van der Waals surface area contributed by atoms with E-state index in [-0.39, 0.29) is 6.61 Å². The predicted octanol–water partition coefficient (Wildman–Crippen LogP) is 4.26. The van der Waals surface area contributed by atoms with Crippen LogP contribution in [0.25, 0.3) is 0 Å². The minimum absolute atomic E-state index is 0.170. The van der Waals surface area contributed by atoms with Gasteiger partial charge in [0, 0.05) is 15.7 Å². The molecule has 31 heavy (non-hydrogen) atoms. The lowest BCUT2D eigenvalue weighted by atomic mass is 9.95. The Labute approximate surface area is 188 Å². The van der Waals surface area contributed by atoms with Crippen molar-refractivity contribution in [3.05, 3.63) is 75.4 Å². The summed E-state index contributed by atoms with van der Waals surface area (Å²) in [6.45, 7) is 4.58. The van der Waals surface area contributed by atoms with Crippen molar-refractivity contribution in [1.29, 1.82) is 0 Å². The van der Waals surface area contributed by atoms with Gasteiger partial charge in [-0.25, -0.2) is 4.79 Å². The van der Waals surface area contributed by atoms with Crippen LogP contribution in [0.4, 0.5) is 5.95 Å². The SMILES string of the molecule is CCCOc1ccc(Br)cc1C1C(C(=O)OCc2ccccc2)=C(C)Nc2nnnn21. The van der Waals surface area contributed by atoms with Crippen molar-refractivity contribution in [1.82, 2.24) is 20.2 Å². The molecule has 1 unspecified atom stereocenters. The molecule has 1 N–H and O–H groups in total. The number of halogens is 1. The number of hydrogen-bond donors (Lipinski definition) is 1. The highest BCUT2D eigenvalue weighted by Gasteiger charge is 2.36. The number of hydrogen-bond acceptors (Lipinski definition) is 7. The van der Waals surface area contributed by atoms with Crippen LogP contribution in [-0.4, -0.2) is 32.8 Å². The van der Waals surface area contributed by atoms with Crippen molar-refractivity contribution in [3.8, 4) is 5.75 Å². The van der Waals surface area contributed by atoms with E-state index in [4.69, 9.17) is 9.47 Å². The van der Waals surface area contributed by atoms with E-state index in [1.165, 1.54) is 0 Å². The summed E-state index contributed by atoms with van der Waals surface area (Å²) in [5.41, 5.74) is 2.73. The Morgan fingerprint density at radius 1 is 1.23 bits per heavy atom. The molecule has 9 heteroatoms. The molecule has 2 aromatic carbocycles. The minimum Gasteiger partial charge on any atom is -0.493 e. The van der Waals surface area contributed by atoms with Gasteiger partial charge in [0.15, 0.2) is 0 Å². The number of carbonyl (C=O) groups excluding carboxylic acids is 1. The average molecular weight is 484 g/mol. The summed E-state index contributed by atoms with van der Waals surface area (Å²) < 4.78 is 14.1. The van der Waals surface area contributed by atoms with E-state index < -0.39 is 12.0 Å². The largest absolute Gasteiger partial charge is 0.493 e. The highest BCUT2D eigenvalue weighted by Crippen LogP contribution is 2.40. The number of benzene rings is 2. The molecule has 0 radical (unpaired) electrons. The van der Waals surface area contributed by atoms with Gasteiger partial charge in [-0.15, -0.1) is 0 Å². The summed E-state index contributed by atoms with van der Waals surface area (Å²) in [5.74, 6) is 0.671. The van der Waals surface area contributed by atoms with Crippen molar-refractivity contribution < 1.29 is 14.3 Å². The molecule has 0 spiro atoms. The van der Waals surface area contributed by atoms with Gasteiger partial charge in [0.05, 0.1) is 12.2 Å². The Kier molecular flexibility index (Phi) is 6.31. The molecule has 1 aliphatic rings. The molecule has 4 rings (SSSR count). The maximum atomic E-state index is 13.3. The number of ether oxygens (including phenoxy) is 2. The van der Waals surface area contributed by atoms with Gasteiger partial charge in [-0.05, 0) is 47.5 Å². The maximum absolute atomic E-state index is 13.3. The molecule has 8 nitrogen and oxygen atoms in total. The number of rotatable bonds is 7. The normalized spacial score (nSPS) is 15.3. The quantitative estimate of drug-likeness (QED) is 0.502. The molecular formula is C22H22BrN5O3. The smallest absolute Gasteiger partial charge is 0.338 e. The number of esters is 1. The number of allylic oxidation sites excluding steroid dienone is 1. The van der Waals surface area contributed by atoms with Gasteiger partial charge in [-0.3, -0.25) is 0 Å². The molecule has 1 atom stereocenters. The second-order valence-electron chi connectivity index (χ2n) is 7.11. The van der Waals surface area contributed by atoms with Crippen LogP contribution in [0.1, 0.15) is 37.4 Å². The summed E-state index contributed by atoms with van der Waals surface area (Å²) in [5, 5.41) is 15.1. The highest BCUT2D eigenvalue weighted by molar-refractivity contribution is 9.10. The van der Waals surface area contributed by atoms with Gasteiger partial charge in [-0.2, -0.15) is 4.68 Å². The van der Waals surface area contributed by atoms with Gasteiger partial charge in [0.2, 0.25) is 5.95 Å². The van der Waals surface area contributed by atoms with Crippen LogP contribution >= 0.6 is 15.9 Å². The van der Waals surface area contributed by atoms with Gasteiger partial charge in [-0.1, -0.05) is 58.3 Å².